The minimum Gasteiger partial charge on any atom is -0.490 e. The maximum Gasteiger partial charge on any atom is 0.223 e. The van der Waals surface area contributed by atoms with Crippen molar-refractivity contribution in [3.05, 3.63) is 28.7 Å². The Morgan fingerprint density at radius 3 is 2.87 bits per heavy atom. The van der Waals surface area contributed by atoms with Gasteiger partial charge in [-0.2, -0.15) is 0 Å². The summed E-state index contributed by atoms with van der Waals surface area (Å²) in [6, 6.07) is 7.56. The van der Waals surface area contributed by atoms with Gasteiger partial charge in [-0.15, -0.1) is 12.4 Å². The topological polar surface area (TPSA) is 84.6 Å². The average Bonchev–Trinajstić information content (AvgIpc) is 2.52. The summed E-state index contributed by atoms with van der Waals surface area (Å²) in [5, 5.41) is 12.7. The molecule has 23 heavy (non-hydrogen) atoms. The number of nitrogens with two attached hydrogens (primary N) is 1. The molecule has 0 bridgehead atoms. The van der Waals surface area contributed by atoms with Crippen LogP contribution in [0.5, 0.6) is 5.75 Å². The fourth-order valence-corrected chi connectivity index (χ4v) is 3.03. The third-order valence-electron chi connectivity index (χ3n) is 3.87. The predicted octanol–water partition coefficient (Wildman–Crippen LogP) is 2.24. The van der Waals surface area contributed by atoms with Crippen LogP contribution in [0.1, 0.15) is 25.7 Å². The van der Waals surface area contributed by atoms with Crippen LogP contribution >= 0.6 is 28.3 Å². The van der Waals surface area contributed by atoms with Crippen molar-refractivity contribution in [3.8, 4) is 5.75 Å². The Kier molecular flexibility index (Phi) is 8.91. The van der Waals surface area contributed by atoms with Crippen molar-refractivity contribution in [1.29, 1.82) is 0 Å². The van der Waals surface area contributed by atoms with Gasteiger partial charge in [0.05, 0.1) is 4.47 Å². The second-order valence-electron chi connectivity index (χ2n) is 5.76. The zero-order chi connectivity index (χ0) is 15.9. The largest absolute Gasteiger partial charge is 0.490 e. The summed E-state index contributed by atoms with van der Waals surface area (Å²) in [5.41, 5.74) is 5.89. The number of halogens is 2. The van der Waals surface area contributed by atoms with Crippen molar-refractivity contribution < 1.29 is 14.6 Å². The number of ether oxygens (including phenoxy) is 1. The minimum absolute atomic E-state index is 0. The van der Waals surface area contributed by atoms with E-state index >= 15 is 0 Å². The van der Waals surface area contributed by atoms with Crippen molar-refractivity contribution in [1.82, 2.24) is 5.32 Å². The molecule has 1 fully saturated rings. The first kappa shape index (κ1) is 20.2. The summed E-state index contributed by atoms with van der Waals surface area (Å²) in [5.74, 6) is 0.626. The molecule has 0 spiro atoms. The van der Waals surface area contributed by atoms with Crippen molar-refractivity contribution in [2.75, 3.05) is 13.2 Å². The van der Waals surface area contributed by atoms with Crippen LogP contribution in [0.2, 0.25) is 0 Å². The number of aliphatic hydroxyl groups excluding tert-OH is 1. The van der Waals surface area contributed by atoms with Crippen LogP contribution in [0.25, 0.3) is 0 Å². The van der Waals surface area contributed by atoms with E-state index < -0.39 is 6.10 Å². The lowest BCUT2D eigenvalue weighted by atomic mass is 9.85. The number of rotatable bonds is 6. The van der Waals surface area contributed by atoms with Crippen LogP contribution in [0.4, 0.5) is 0 Å². The van der Waals surface area contributed by atoms with Crippen molar-refractivity contribution >= 4 is 34.2 Å². The van der Waals surface area contributed by atoms with Gasteiger partial charge in [0.15, 0.2) is 0 Å². The molecule has 1 saturated carbocycles. The highest BCUT2D eigenvalue weighted by molar-refractivity contribution is 9.10. The molecule has 0 aliphatic heterocycles. The molecule has 1 amide bonds. The number of hydrogen-bond acceptors (Lipinski definition) is 4. The highest BCUT2D eigenvalue weighted by atomic mass is 79.9. The van der Waals surface area contributed by atoms with Crippen molar-refractivity contribution in [3.63, 3.8) is 0 Å². The first-order valence-corrected chi connectivity index (χ1v) is 8.44. The fraction of sp³-hybridized carbons (Fsp3) is 0.562. The average molecular weight is 408 g/mol. The maximum absolute atomic E-state index is 12.1. The first-order valence-electron chi connectivity index (χ1n) is 7.65. The molecule has 3 atom stereocenters. The van der Waals surface area contributed by atoms with Crippen molar-refractivity contribution in [2.45, 2.75) is 37.8 Å². The Morgan fingerprint density at radius 1 is 1.43 bits per heavy atom. The monoisotopic (exact) mass is 406 g/mol. The van der Waals surface area contributed by atoms with E-state index in [1.165, 1.54) is 0 Å². The van der Waals surface area contributed by atoms with Crippen LogP contribution in [0.3, 0.4) is 0 Å². The molecule has 0 radical (unpaired) electrons. The summed E-state index contributed by atoms with van der Waals surface area (Å²) in [4.78, 5) is 12.1. The summed E-state index contributed by atoms with van der Waals surface area (Å²) in [6.07, 6.45) is 2.85. The van der Waals surface area contributed by atoms with E-state index in [9.17, 15) is 9.90 Å². The molecule has 1 aromatic carbocycles. The molecule has 3 unspecified atom stereocenters. The zero-order valence-electron chi connectivity index (χ0n) is 12.9. The third kappa shape index (κ3) is 6.67. The third-order valence-corrected chi connectivity index (χ3v) is 4.52. The maximum atomic E-state index is 12.1. The lowest BCUT2D eigenvalue weighted by Crippen LogP contribution is -2.41. The van der Waals surface area contributed by atoms with Gasteiger partial charge in [0.25, 0.3) is 0 Å². The van der Waals surface area contributed by atoms with E-state index in [0.29, 0.717) is 5.75 Å². The molecule has 0 heterocycles. The van der Waals surface area contributed by atoms with E-state index in [1.54, 1.807) is 0 Å². The quantitative estimate of drug-likeness (QED) is 0.675. The molecule has 7 heteroatoms. The molecular weight excluding hydrogens is 384 g/mol. The number of amides is 1. The molecule has 0 saturated heterocycles. The Balaban J connectivity index is 0.00000264. The van der Waals surface area contributed by atoms with E-state index in [-0.39, 0.29) is 43.4 Å². The van der Waals surface area contributed by atoms with Crippen LogP contribution < -0.4 is 15.8 Å². The van der Waals surface area contributed by atoms with Gasteiger partial charge in [0, 0.05) is 18.5 Å². The van der Waals surface area contributed by atoms with Crippen LogP contribution in [-0.4, -0.2) is 36.3 Å². The Morgan fingerprint density at radius 2 is 2.17 bits per heavy atom. The van der Waals surface area contributed by atoms with Gasteiger partial charge in [-0.1, -0.05) is 18.6 Å². The summed E-state index contributed by atoms with van der Waals surface area (Å²) in [7, 11) is 0. The molecule has 0 aromatic heterocycles. The molecule has 5 nitrogen and oxygen atoms in total. The molecular formula is C16H24BrClN2O3. The van der Waals surface area contributed by atoms with Crippen LogP contribution in [0.15, 0.2) is 28.7 Å². The molecule has 1 aliphatic carbocycles. The normalized spacial score (nSPS) is 21.9. The number of nitrogens with one attached hydrogen (secondary N) is 1. The molecule has 2 rings (SSSR count). The summed E-state index contributed by atoms with van der Waals surface area (Å²) < 4.78 is 6.36. The SMILES string of the molecule is Cl.NC1CCCC(C(=O)NCC(O)COc2ccccc2Br)C1. The predicted molar refractivity (Wildman–Crippen MR) is 95.8 cm³/mol. The molecule has 4 N–H and O–H groups in total. The zero-order valence-corrected chi connectivity index (χ0v) is 15.3. The Bertz CT molecular complexity index is 504. The Labute approximate surface area is 151 Å². The molecule has 1 aromatic rings. The molecule has 130 valence electrons. The number of aliphatic hydroxyl groups is 1. The second-order valence-corrected chi connectivity index (χ2v) is 6.62. The van der Waals surface area contributed by atoms with Gasteiger partial charge in [-0.05, 0) is 47.3 Å². The first-order chi connectivity index (χ1) is 10.6. The van der Waals surface area contributed by atoms with E-state index in [0.717, 1.165) is 30.2 Å². The molecule has 1 aliphatic rings. The number of carbonyl (C=O) groups excluding carboxylic acids is 1. The Hall–Kier alpha value is -0.820. The standard InChI is InChI=1S/C16H23BrN2O3.ClH/c17-14-6-1-2-7-15(14)22-10-13(20)9-19-16(21)11-4-3-5-12(18)8-11;/h1-2,6-7,11-13,20H,3-5,8-10,18H2,(H,19,21);1H. The van der Waals surface area contributed by atoms with E-state index in [1.807, 2.05) is 24.3 Å². The lowest BCUT2D eigenvalue weighted by molar-refractivity contribution is -0.126. The van der Waals surface area contributed by atoms with Gasteiger partial charge in [0.2, 0.25) is 5.91 Å². The minimum atomic E-state index is -0.742. The van der Waals surface area contributed by atoms with Gasteiger partial charge in [0.1, 0.15) is 18.5 Å². The summed E-state index contributed by atoms with van der Waals surface area (Å²) in [6.45, 7) is 0.322. The van der Waals surface area contributed by atoms with Gasteiger partial charge >= 0.3 is 0 Å². The van der Waals surface area contributed by atoms with Gasteiger partial charge in [-0.3, -0.25) is 4.79 Å². The smallest absolute Gasteiger partial charge is 0.223 e. The highest BCUT2D eigenvalue weighted by Crippen LogP contribution is 2.24. The summed E-state index contributed by atoms with van der Waals surface area (Å²) >= 11 is 3.38. The number of benzene rings is 1. The fourth-order valence-electron chi connectivity index (χ4n) is 2.64. The van der Waals surface area contributed by atoms with E-state index in [2.05, 4.69) is 21.2 Å². The number of hydrogen-bond donors (Lipinski definition) is 3. The number of carbonyl (C=O) groups is 1. The van der Waals surface area contributed by atoms with Crippen molar-refractivity contribution in [2.24, 2.45) is 11.7 Å². The number of para-hydroxylation sites is 1. The second kappa shape index (κ2) is 10.1. The van der Waals surface area contributed by atoms with Gasteiger partial charge in [-0.25, -0.2) is 0 Å². The van der Waals surface area contributed by atoms with Gasteiger partial charge < -0.3 is 20.9 Å². The van der Waals surface area contributed by atoms with Crippen LogP contribution in [-0.2, 0) is 4.79 Å². The van der Waals surface area contributed by atoms with Crippen LogP contribution in [0, 0.1) is 5.92 Å². The highest BCUT2D eigenvalue weighted by Gasteiger charge is 2.25. The lowest BCUT2D eigenvalue weighted by Gasteiger charge is -2.26. The van der Waals surface area contributed by atoms with E-state index in [4.69, 9.17) is 10.5 Å².